The highest BCUT2D eigenvalue weighted by atomic mass is 79.9. The van der Waals surface area contributed by atoms with Gasteiger partial charge < -0.3 is 14.8 Å². The van der Waals surface area contributed by atoms with Gasteiger partial charge in [-0.3, -0.25) is 0 Å². The van der Waals surface area contributed by atoms with Crippen molar-refractivity contribution in [1.82, 2.24) is 14.9 Å². The summed E-state index contributed by atoms with van der Waals surface area (Å²) in [6.45, 7) is 7.08. The fourth-order valence-corrected chi connectivity index (χ4v) is 3.38. The summed E-state index contributed by atoms with van der Waals surface area (Å²) in [5, 5.41) is 3.44. The SMILES string of the molecule is CCCNCc1ccc(N2CCn3ccnc3C2)c(Br)c1. The van der Waals surface area contributed by atoms with Gasteiger partial charge in [-0.1, -0.05) is 13.0 Å². The standard InChI is InChI=1S/C16H21BrN4/c1-2-5-18-11-13-3-4-15(14(17)10-13)21-9-8-20-7-6-19-16(20)12-21/h3-4,6-7,10,18H,2,5,8-9,11-12H2,1H3. The third-order valence-corrected chi connectivity index (χ3v) is 4.49. The molecule has 1 aromatic heterocycles. The van der Waals surface area contributed by atoms with Crippen LogP contribution in [0.1, 0.15) is 24.7 Å². The zero-order chi connectivity index (χ0) is 14.7. The van der Waals surface area contributed by atoms with Gasteiger partial charge in [0.2, 0.25) is 0 Å². The van der Waals surface area contributed by atoms with Gasteiger partial charge in [-0.25, -0.2) is 4.98 Å². The van der Waals surface area contributed by atoms with Gasteiger partial charge in [0.25, 0.3) is 0 Å². The molecular formula is C16H21BrN4. The summed E-state index contributed by atoms with van der Waals surface area (Å²) < 4.78 is 3.39. The fraction of sp³-hybridized carbons (Fsp3) is 0.438. The van der Waals surface area contributed by atoms with Crippen LogP contribution in [0.15, 0.2) is 35.1 Å². The summed E-state index contributed by atoms with van der Waals surface area (Å²) in [5.74, 6) is 1.14. The lowest BCUT2D eigenvalue weighted by atomic mass is 10.2. The third kappa shape index (κ3) is 3.30. The first-order valence-corrected chi connectivity index (χ1v) is 8.31. The summed E-state index contributed by atoms with van der Waals surface area (Å²) in [7, 11) is 0. The molecule has 21 heavy (non-hydrogen) atoms. The molecular weight excluding hydrogens is 328 g/mol. The van der Waals surface area contributed by atoms with E-state index in [-0.39, 0.29) is 0 Å². The molecule has 0 saturated carbocycles. The Balaban J connectivity index is 1.71. The number of rotatable bonds is 5. The van der Waals surface area contributed by atoms with Crippen molar-refractivity contribution in [3.05, 3.63) is 46.5 Å². The fourth-order valence-electron chi connectivity index (χ4n) is 2.71. The van der Waals surface area contributed by atoms with Crippen LogP contribution in [0.3, 0.4) is 0 Å². The van der Waals surface area contributed by atoms with E-state index < -0.39 is 0 Å². The van der Waals surface area contributed by atoms with Crippen molar-refractivity contribution < 1.29 is 0 Å². The summed E-state index contributed by atoms with van der Waals surface area (Å²) in [6.07, 6.45) is 5.11. The number of imidazole rings is 1. The molecule has 0 saturated heterocycles. The van der Waals surface area contributed by atoms with E-state index in [0.717, 1.165) is 38.5 Å². The Kier molecular flexibility index (Phi) is 4.60. The second-order valence-corrected chi connectivity index (χ2v) is 6.28. The number of hydrogen-bond donors (Lipinski definition) is 1. The minimum atomic E-state index is 0.874. The normalized spacial score (nSPS) is 14.3. The third-order valence-electron chi connectivity index (χ3n) is 3.85. The van der Waals surface area contributed by atoms with Gasteiger partial charge in [-0.15, -0.1) is 0 Å². The lowest BCUT2D eigenvalue weighted by Gasteiger charge is -2.30. The van der Waals surface area contributed by atoms with Gasteiger partial charge >= 0.3 is 0 Å². The molecule has 0 spiro atoms. The molecule has 0 fully saturated rings. The highest BCUT2D eigenvalue weighted by Gasteiger charge is 2.18. The molecule has 0 atom stereocenters. The summed E-state index contributed by atoms with van der Waals surface area (Å²) in [4.78, 5) is 6.81. The van der Waals surface area contributed by atoms with E-state index in [1.807, 2.05) is 6.20 Å². The van der Waals surface area contributed by atoms with E-state index in [1.165, 1.54) is 22.1 Å². The van der Waals surface area contributed by atoms with Crippen LogP contribution in [0.25, 0.3) is 0 Å². The van der Waals surface area contributed by atoms with Crippen molar-refractivity contribution in [2.24, 2.45) is 0 Å². The van der Waals surface area contributed by atoms with Crippen molar-refractivity contribution in [3.8, 4) is 0 Å². The van der Waals surface area contributed by atoms with E-state index in [0.29, 0.717) is 0 Å². The Bertz CT molecular complexity index is 608. The second-order valence-electron chi connectivity index (χ2n) is 5.42. The highest BCUT2D eigenvalue weighted by Crippen LogP contribution is 2.29. The number of fused-ring (bicyclic) bond motifs is 1. The molecule has 0 unspecified atom stereocenters. The maximum Gasteiger partial charge on any atom is 0.128 e. The van der Waals surface area contributed by atoms with Gasteiger partial charge in [-0.2, -0.15) is 0 Å². The van der Waals surface area contributed by atoms with Crippen LogP contribution in [-0.4, -0.2) is 22.6 Å². The molecule has 0 radical (unpaired) electrons. The first-order valence-electron chi connectivity index (χ1n) is 7.52. The number of aromatic nitrogens is 2. The molecule has 1 aromatic carbocycles. The van der Waals surface area contributed by atoms with Crippen LogP contribution in [0, 0.1) is 0 Å². The molecule has 112 valence electrons. The minimum absolute atomic E-state index is 0.874. The van der Waals surface area contributed by atoms with E-state index >= 15 is 0 Å². The Morgan fingerprint density at radius 2 is 2.24 bits per heavy atom. The number of benzene rings is 1. The molecule has 1 N–H and O–H groups in total. The average molecular weight is 349 g/mol. The number of halogens is 1. The van der Waals surface area contributed by atoms with E-state index in [2.05, 4.69) is 67.0 Å². The maximum absolute atomic E-state index is 4.43. The van der Waals surface area contributed by atoms with Crippen LogP contribution < -0.4 is 10.2 Å². The zero-order valence-electron chi connectivity index (χ0n) is 12.3. The zero-order valence-corrected chi connectivity index (χ0v) is 13.9. The molecule has 2 heterocycles. The van der Waals surface area contributed by atoms with E-state index in [4.69, 9.17) is 0 Å². The van der Waals surface area contributed by atoms with Crippen LogP contribution in [0.5, 0.6) is 0 Å². The van der Waals surface area contributed by atoms with Gasteiger partial charge in [0.15, 0.2) is 0 Å². The van der Waals surface area contributed by atoms with Gasteiger partial charge in [-0.05, 0) is 46.6 Å². The monoisotopic (exact) mass is 348 g/mol. The molecule has 0 amide bonds. The molecule has 0 aliphatic carbocycles. The van der Waals surface area contributed by atoms with Crippen LogP contribution in [-0.2, 0) is 19.6 Å². The first kappa shape index (κ1) is 14.6. The topological polar surface area (TPSA) is 33.1 Å². The van der Waals surface area contributed by atoms with Gasteiger partial charge in [0.05, 0.1) is 12.2 Å². The van der Waals surface area contributed by atoms with Crippen LogP contribution >= 0.6 is 15.9 Å². The maximum atomic E-state index is 4.43. The summed E-state index contributed by atoms with van der Waals surface area (Å²) >= 11 is 3.73. The van der Waals surface area contributed by atoms with Crippen molar-refractivity contribution in [3.63, 3.8) is 0 Å². The Hall–Kier alpha value is -1.33. The average Bonchev–Trinajstić information content (AvgIpc) is 2.95. The molecule has 1 aliphatic heterocycles. The largest absolute Gasteiger partial charge is 0.361 e. The molecule has 4 nitrogen and oxygen atoms in total. The number of anilines is 1. The van der Waals surface area contributed by atoms with Crippen molar-refractivity contribution in [2.45, 2.75) is 33.0 Å². The van der Waals surface area contributed by atoms with Crippen LogP contribution in [0.4, 0.5) is 5.69 Å². The quantitative estimate of drug-likeness (QED) is 0.842. The number of hydrogen-bond acceptors (Lipinski definition) is 3. The Morgan fingerprint density at radius 1 is 1.33 bits per heavy atom. The highest BCUT2D eigenvalue weighted by molar-refractivity contribution is 9.10. The van der Waals surface area contributed by atoms with E-state index in [9.17, 15) is 0 Å². The molecule has 2 aromatic rings. The molecule has 0 bridgehead atoms. The predicted molar refractivity (Wildman–Crippen MR) is 89.4 cm³/mol. The Labute approximate surface area is 134 Å². The Morgan fingerprint density at radius 3 is 3.05 bits per heavy atom. The first-order chi connectivity index (χ1) is 10.3. The second kappa shape index (κ2) is 6.62. The molecule has 3 rings (SSSR count). The minimum Gasteiger partial charge on any atom is -0.361 e. The van der Waals surface area contributed by atoms with Crippen molar-refractivity contribution in [2.75, 3.05) is 18.0 Å². The summed E-state index contributed by atoms with van der Waals surface area (Å²) in [5.41, 5.74) is 2.57. The van der Waals surface area contributed by atoms with Crippen molar-refractivity contribution >= 4 is 21.6 Å². The number of nitrogens with one attached hydrogen (secondary N) is 1. The lowest BCUT2D eigenvalue weighted by molar-refractivity contribution is 0.559. The molecule has 5 heteroatoms. The predicted octanol–water partition coefficient (Wildman–Crippen LogP) is 3.17. The number of nitrogens with zero attached hydrogens (tertiary/aromatic N) is 3. The van der Waals surface area contributed by atoms with Crippen molar-refractivity contribution in [1.29, 1.82) is 0 Å². The molecule has 1 aliphatic rings. The van der Waals surface area contributed by atoms with Crippen LogP contribution in [0.2, 0.25) is 0 Å². The van der Waals surface area contributed by atoms with E-state index in [1.54, 1.807) is 0 Å². The smallest absolute Gasteiger partial charge is 0.128 e. The van der Waals surface area contributed by atoms with Gasteiger partial charge in [0, 0.05) is 36.5 Å². The lowest BCUT2D eigenvalue weighted by Crippen LogP contribution is -2.33. The summed E-state index contributed by atoms with van der Waals surface area (Å²) in [6, 6.07) is 6.65. The van der Waals surface area contributed by atoms with Gasteiger partial charge in [0.1, 0.15) is 5.82 Å².